The summed E-state index contributed by atoms with van der Waals surface area (Å²) in [6, 6.07) is 0.892. The zero-order valence-corrected chi connectivity index (χ0v) is 11.2. The molecule has 2 N–H and O–H groups in total. The number of ether oxygens (including phenoxy) is 1. The molecule has 1 saturated heterocycles. The molecule has 0 bridgehead atoms. The minimum Gasteiger partial charge on any atom is -0.385 e. The van der Waals surface area contributed by atoms with E-state index in [4.69, 9.17) is 4.74 Å². The molecule has 0 spiro atoms. The number of nitrogens with one attached hydrogen (secondary N) is 2. The number of hydrogen-bond donors (Lipinski definition) is 2. The van der Waals surface area contributed by atoms with Crippen LogP contribution in [-0.2, 0) is 9.53 Å². The van der Waals surface area contributed by atoms with E-state index in [9.17, 15) is 4.79 Å². The first kappa shape index (κ1) is 14.4. The van der Waals surface area contributed by atoms with Crippen LogP contribution in [0.5, 0.6) is 0 Å². The molecule has 1 aliphatic rings. The molecule has 0 saturated carbocycles. The normalized spacial score (nSPS) is 25.8. The molecule has 0 aromatic rings. The molecule has 0 aliphatic carbocycles. The topological polar surface area (TPSA) is 53.6 Å². The highest BCUT2D eigenvalue weighted by molar-refractivity contribution is 5.78. The van der Waals surface area contributed by atoms with Gasteiger partial charge in [-0.05, 0) is 20.3 Å². The Hall–Kier alpha value is -0.650. The third kappa shape index (κ3) is 5.48. The van der Waals surface area contributed by atoms with Crippen molar-refractivity contribution in [3.8, 4) is 0 Å². The number of amides is 1. The third-order valence-corrected chi connectivity index (χ3v) is 3.09. The maximum atomic E-state index is 11.7. The fourth-order valence-electron chi connectivity index (χ4n) is 2.00. The van der Waals surface area contributed by atoms with Crippen LogP contribution >= 0.6 is 0 Å². The lowest BCUT2D eigenvalue weighted by Crippen LogP contribution is -2.56. The lowest BCUT2D eigenvalue weighted by Gasteiger charge is -2.36. The van der Waals surface area contributed by atoms with Crippen molar-refractivity contribution in [2.45, 2.75) is 32.4 Å². The van der Waals surface area contributed by atoms with Gasteiger partial charge in [0, 0.05) is 45.4 Å². The van der Waals surface area contributed by atoms with E-state index in [2.05, 4.69) is 29.4 Å². The maximum absolute atomic E-state index is 11.7. The number of rotatable bonds is 6. The van der Waals surface area contributed by atoms with Crippen LogP contribution in [0.3, 0.4) is 0 Å². The van der Waals surface area contributed by atoms with Crippen molar-refractivity contribution in [1.29, 1.82) is 0 Å². The van der Waals surface area contributed by atoms with Gasteiger partial charge in [0.15, 0.2) is 0 Å². The maximum Gasteiger partial charge on any atom is 0.234 e. The Morgan fingerprint density at radius 1 is 1.53 bits per heavy atom. The molecule has 100 valence electrons. The first-order chi connectivity index (χ1) is 8.13. The van der Waals surface area contributed by atoms with Gasteiger partial charge >= 0.3 is 0 Å². The number of hydrogen-bond acceptors (Lipinski definition) is 4. The molecule has 0 aromatic carbocycles. The average Bonchev–Trinajstić information content (AvgIpc) is 2.29. The number of piperazine rings is 1. The molecule has 2 atom stereocenters. The van der Waals surface area contributed by atoms with Gasteiger partial charge in [0.05, 0.1) is 6.54 Å². The summed E-state index contributed by atoms with van der Waals surface area (Å²) < 4.78 is 4.93. The van der Waals surface area contributed by atoms with Crippen molar-refractivity contribution >= 4 is 5.91 Å². The summed E-state index contributed by atoms with van der Waals surface area (Å²) in [6.45, 7) is 8.08. The Kier molecular flexibility index (Phi) is 6.47. The van der Waals surface area contributed by atoms with Crippen LogP contribution in [-0.4, -0.2) is 62.8 Å². The van der Waals surface area contributed by atoms with Crippen molar-refractivity contribution in [3.05, 3.63) is 0 Å². The predicted octanol–water partition coefficient (Wildman–Crippen LogP) is -0.179. The van der Waals surface area contributed by atoms with Crippen molar-refractivity contribution in [3.63, 3.8) is 0 Å². The van der Waals surface area contributed by atoms with Gasteiger partial charge in [0.2, 0.25) is 5.91 Å². The van der Waals surface area contributed by atoms with Gasteiger partial charge in [-0.15, -0.1) is 0 Å². The van der Waals surface area contributed by atoms with E-state index >= 15 is 0 Å². The van der Waals surface area contributed by atoms with Crippen LogP contribution in [0, 0.1) is 0 Å². The quantitative estimate of drug-likeness (QED) is 0.636. The van der Waals surface area contributed by atoms with E-state index in [1.165, 1.54) is 0 Å². The zero-order valence-electron chi connectivity index (χ0n) is 11.2. The van der Waals surface area contributed by atoms with Crippen LogP contribution in [0.25, 0.3) is 0 Å². The summed E-state index contributed by atoms with van der Waals surface area (Å²) in [5.74, 6) is 0.113. The molecule has 1 heterocycles. The minimum absolute atomic E-state index is 0.113. The van der Waals surface area contributed by atoms with Gasteiger partial charge in [-0.2, -0.15) is 0 Å². The smallest absolute Gasteiger partial charge is 0.234 e. The van der Waals surface area contributed by atoms with E-state index in [0.29, 0.717) is 31.8 Å². The van der Waals surface area contributed by atoms with Gasteiger partial charge in [-0.1, -0.05) is 0 Å². The monoisotopic (exact) mass is 243 g/mol. The van der Waals surface area contributed by atoms with Crippen LogP contribution in [0.1, 0.15) is 20.3 Å². The van der Waals surface area contributed by atoms with E-state index in [-0.39, 0.29) is 5.91 Å². The molecule has 1 fully saturated rings. The fourth-order valence-corrected chi connectivity index (χ4v) is 2.00. The summed E-state index contributed by atoms with van der Waals surface area (Å²) in [4.78, 5) is 13.9. The first-order valence-corrected chi connectivity index (χ1v) is 6.36. The highest BCUT2D eigenvalue weighted by atomic mass is 16.5. The molecule has 2 unspecified atom stereocenters. The highest BCUT2D eigenvalue weighted by Gasteiger charge is 2.23. The minimum atomic E-state index is 0.113. The second kappa shape index (κ2) is 7.63. The van der Waals surface area contributed by atoms with Crippen LogP contribution in [0.2, 0.25) is 0 Å². The molecular weight excluding hydrogens is 218 g/mol. The molecule has 5 nitrogen and oxygen atoms in total. The number of carbonyl (C=O) groups is 1. The number of nitrogens with zero attached hydrogens (tertiary/aromatic N) is 1. The van der Waals surface area contributed by atoms with Crippen molar-refractivity contribution in [2.24, 2.45) is 0 Å². The Balaban J connectivity index is 2.20. The highest BCUT2D eigenvalue weighted by Crippen LogP contribution is 2.05. The summed E-state index contributed by atoms with van der Waals surface area (Å²) >= 11 is 0. The van der Waals surface area contributed by atoms with Crippen LogP contribution in [0.4, 0.5) is 0 Å². The molecule has 0 radical (unpaired) electrons. The van der Waals surface area contributed by atoms with Gasteiger partial charge in [0.25, 0.3) is 0 Å². The standard InChI is InChI=1S/C12H25N3O2/c1-10-8-15(11(2)7-14-10)9-12(16)13-5-4-6-17-3/h10-11,14H,4-9H2,1-3H3,(H,13,16). The van der Waals surface area contributed by atoms with Crippen molar-refractivity contribution < 1.29 is 9.53 Å². The van der Waals surface area contributed by atoms with Gasteiger partial charge in [-0.3, -0.25) is 9.69 Å². The van der Waals surface area contributed by atoms with Gasteiger partial charge in [0.1, 0.15) is 0 Å². The molecule has 0 aromatic heterocycles. The predicted molar refractivity (Wildman–Crippen MR) is 68.0 cm³/mol. The number of methoxy groups -OCH3 is 1. The largest absolute Gasteiger partial charge is 0.385 e. The lowest BCUT2D eigenvalue weighted by atomic mass is 10.1. The Morgan fingerprint density at radius 2 is 2.29 bits per heavy atom. The number of carbonyl (C=O) groups excluding carboxylic acids is 1. The SMILES string of the molecule is COCCCNC(=O)CN1CC(C)NCC1C. The fraction of sp³-hybridized carbons (Fsp3) is 0.917. The first-order valence-electron chi connectivity index (χ1n) is 6.36. The van der Waals surface area contributed by atoms with Gasteiger partial charge < -0.3 is 15.4 Å². The zero-order chi connectivity index (χ0) is 12.7. The van der Waals surface area contributed by atoms with Crippen LogP contribution < -0.4 is 10.6 Å². The summed E-state index contributed by atoms with van der Waals surface area (Å²) in [5, 5.41) is 6.32. The van der Waals surface area contributed by atoms with Gasteiger partial charge in [-0.25, -0.2) is 0 Å². The molecular formula is C12H25N3O2. The Labute approximate surface area is 104 Å². The molecule has 1 amide bonds. The summed E-state index contributed by atoms with van der Waals surface area (Å²) in [6.07, 6.45) is 0.871. The van der Waals surface area contributed by atoms with E-state index in [1.807, 2.05) is 0 Å². The molecule has 17 heavy (non-hydrogen) atoms. The van der Waals surface area contributed by atoms with Crippen LogP contribution in [0.15, 0.2) is 0 Å². The lowest BCUT2D eigenvalue weighted by molar-refractivity contribution is -0.123. The second-order valence-electron chi connectivity index (χ2n) is 4.78. The molecule has 1 aliphatic heterocycles. The Bertz CT molecular complexity index is 236. The molecule has 1 rings (SSSR count). The molecule has 5 heteroatoms. The Morgan fingerprint density at radius 3 is 3.00 bits per heavy atom. The van der Waals surface area contributed by atoms with Crippen molar-refractivity contribution in [1.82, 2.24) is 15.5 Å². The summed E-state index contributed by atoms with van der Waals surface area (Å²) in [5.41, 5.74) is 0. The summed E-state index contributed by atoms with van der Waals surface area (Å²) in [7, 11) is 1.67. The van der Waals surface area contributed by atoms with E-state index in [1.54, 1.807) is 7.11 Å². The average molecular weight is 243 g/mol. The van der Waals surface area contributed by atoms with E-state index in [0.717, 1.165) is 19.5 Å². The third-order valence-electron chi connectivity index (χ3n) is 3.09. The van der Waals surface area contributed by atoms with Crippen molar-refractivity contribution in [2.75, 3.05) is 39.9 Å². The van der Waals surface area contributed by atoms with E-state index < -0.39 is 0 Å². The second-order valence-corrected chi connectivity index (χ2v) is 4.78.